The number of sulfonamides is 1. The monoisotopic (exact) mass is 494 g/mol. The summed E-state index contributed by atoms with van der Waals surface area (Å²) in [6.45, 7) is 1.96. The summed E-state index contributed by atoms with van der Waals surface area (Å²) in [6.07, 6.45) is 0. The summed E-state index contributed by atoms with van der Waals surface area (Å²) in [7, 11) is -4.14. The van der Waals surface area contributed by atoms with Gasteiger partial charge in [0.25, 0.3) is 10.0 Å². The smallest absolute Gasteiger partial charge is 0.265 e. The number of carbonyl (C=O) groups excluding carboxylic acids is 1. The van der Waals surface area contributed by atoms with Gasteiger partial charge in [-0.25, -0.2) is 8.42 Å². The van der Waals surface area contributed by atoms with Crippen LogP contribution in [0.25, 0.3) is 10.8 Å². The molecule has 0 unspecified atom stereocenters. The van der Waals surface area contributed by atoms with Gasteiger partial charge in [-0.1, -0.05) is 60.1 Å². The highest BCUT2D eigenvalue weighted by atomic mass is 35.5. The molecular formula is C26H23ClN2O4S. The van der Waals surface area contributed by atoms with Gasteiger partial charge < -0.3 is 10.1 Å². The quantitative estimate of drug-likeness (QED) is 0.339. The lowest BCUT2D eigenvalue weighted by Crippen LogP contribution is -2.38. The van der Waals surface area contributed by atoms with Crippen LogP contribution < -0.4 is 14.4 Å². The predicted octanol–water partition coefficient (Wildman–Crippen LogP) is 5.73. The molecule has 6 nitrogen and oxygen atoms in total. The van der Waals surface area contributed by atoms with E-state index in [0.717, 1.165) is 9.69 Å². The maximum atomic E-state index is 13.9. The molecule has 0 atom stereocenters. The highest BCUT2D eigenvalue weighted by Gasteiger charge is 2.30. The highest BCUT2D eigenvalue weighted by Crippen LogP contribution is 2.33. The fourth-order valence-electron chi connectivity index (χ4n) is 3.63. The van der Waals surface area contributed by atoms with Crippen LogP contribution in [0.5, 0.6) is 5.75 Å². The largest absolute Gasteiger partial charge is 0.494 e. The van der Waals surface area contributed by atoms with E-state index in [1.54, 1.807) is 66.7 Å². The van der Waals surface area contributed by atoms with E-state index < -0.39 is 22.5 Å². The van der Waals surface area contributed by atoms with Gasteiger partial charge in [-0.15, -0.1) is 0 Å². The third kappa shape index (κ3) is 5.00. The summed E-state index contributed by atoms with van der Waals surface area (Å²) in [5, 5.41) is 4.31. The first kappa shape index (κ1) is 23.6. The lowest BCUT2D eigenvalue weighted by Gasteiger charge is -2.25. The predicted molar refractivity (Wildman–Crippen MR) is 136 cm³/mol. The molecule has 0 aliphatic heterocycles. The van der Waals surface area contributed by atoms with Gasteiger partial charge in [-0.05, 0) is 54.8 Å². The first-order valence-electron chi connectivity index (χ1n) is 10.7. The normalized spacial score (nSPS) is 11.2. The van der Waals surface area contributed by atoms with Gasteiger partial charge in [0, 0.05) is 11.1 Å². The van der Waals surface area contributed by atoms with E-state index in [0.29, 0.717) is 23.4 Å². The summed E-state index contributed by atoms with van der Waals surface area (Å²) >= 11 is 6.37. The fourth-order valence-corrected chi connectivity index (χ4v) is 5.57. The Bertz CT molecular complexity index is 1420. The van der Waals surface area contributed by atoms with Gasteiger partial charge >= 0.3 is 0 Å². The maximum Gasteiger partial charge on any atom is 0.265 e. The van der Waals surface area contributed by atoms with Gasteiger partial charge in [-0.2, -0.15) is 0 Å². The Hall–Kier alpha value is -3.55. The molecule has 0 aliphatic carbocycles. The number of hydrogen-bond donors (Lipinski definition) is 1. The molecule has 1 amide bonds. The van der Waals surface area contributed by atoms with E-state index in [2.05, 4.69) is 5.32 Å². The van der Waals surface area contributed by atoms with Crippen LogP contribution >= 0.6 is 11.6 Å². The van der Waals surface area contributed by atoms with Crippen LogP contribution in [0, 0.1) is 0 Å². The molecule has 0 saturated carbocycles. The minimum absolute atomic E-state index is 0.0967. The molecule has 0 fully saturated rings. The number of hydrogen-bond acceptors (Lipinski definition) is 4. The number of anilines is 2. The minimum Gasteiger partial charge on any atom is -0.494 e. The second kappa shape index (κ2) is 10.2. The molecule has 0 spiro atoms. The number of benzene rings is 4. The van der Waals surface area contributed by atoms with Gasteiger partial charge in [0.15, 0.2) is 0 Å². The number of halogens is 1. The van der Waals surface area contributed by atoms with Crippen molar-refractivity contribution in [3.63, 3.8) is 0 Å². The molecule has 0 radical (unpaired) electrons. The van der Waals surface area contributed by atoms with Crippen LogP contribution in [-0.4, -0.2) is 27.5 Å². The van der Waals surface area contributed by atoms with Crippen molar-refractivity contribution in [2.75, 3.05) is 22.8 Å². The first-order valence-corrected chi connectivity index (χ1v) is 12.5. The molecule has 0 bridgehead atoms. The van der Waals surface area contributed by atoms with Crippen molar-refractivity contribution >= 4 is 49.7 Å². The van der Waals surface area contributed by atoms with E-state index >= 15 is 0 Å². The average Bonchev–Trinajstić information content (AvgIpc) is 2.84. The van der Waals surface area contributed by atoms with Crippen LogP contribution in [-0.2, 0) is 14.8 Å². The Morgan fingerprint density at radius 2 is 1.59 bits per heavy atom. The molecule has 174 valence electrons. The molecule has 0 aliphatic rings. The summed E-state index contributed by atoms with van der Waals surface area (Å²) in [5.74, 6) is 0.171. The maximum absolute atomic E-state index is 13.9. The van der Waals surface area contributed by atoms with Gasteiger partial charge in [-0.3, -0.25) is 9.10 Å². The molecule has 8 heteroatoms. The summed E-state index contributed by atoms with van der Waals surface area (Å²) < 4.78 is 34.2. The summed E-state index contributed by atoms with van der Waals surface area (Å²) in [4.78, 5) is 13.1. The zero-order valence-electron chi connectivity index (χ0n) is 18.4. The molecule has 4 rings (SSSR count). The fraction of sp³-hybridized carbons (Fsp3) is 0.115. The van der Waals surface area contributed by atoms with Crippen molar-refractivity contribution in [3.05, 3.63) is 96.0 Å². The van der Waals surface area contributed by atoms with E-state index in [9.17, 15) is 13.2 Å². The number of amides is 1. The molecule has 4 aromatic carbocycles. The van der Waals surface area contributed by atoms with Crippen LogP contribution in [0.4, 0.5) is 11.4 Å². The molecule has 4 aromatic rings. The van der Waals surface area contributed by atoms with Gasteiger partial charge in [0.05, 0.1) is 22.2 Å². The van der Waals surface area contributed by atoms with E-state index in [1.807, 2.05) is 25.1 Å². The van der Waals surface area contributed by atoms with Crippen LogP contribution in [0.1, 0.15) is 6.92 Å². The Balaban J connectivity index is 1.70. The standard InChI is InChI=1S/C26H23ClN2O4S/c1-2-33-21-16-14-20(15-17-21)28-26(30)18-29(24-12-6-5-11-23(24)27)34(31,32)25-13-7-9-19-8-3-4-10-22(19)25/h3-17H,2,18H2,1H3,(H,28,30). The first-order chi connectivity index (χ1) is 16.4. The summed E-state index contributed by atoms with van der Waals surface area (Å²) in [6, 6.07) is 25.7. The van der Waals surface area contributed by atoms with Crippen LogP contribution in [0.3, 0.4) is 0 Å². The van der Waals surface area contributed by atoms with Gasteiger partial charge in [0.2, 0.25) is 5.91 Å². The van der Waals surface area contributed by atoms with Crippen molar-refractivity contribution < 1.29 is 17.9 Å². The Kier molecular flexibility index (Phi) is 7.05. The topological polar surface area (TPSA) is 75.7 Å². The number of nitrogens with one attached hydrogen (secondary N) is 1. The Labute approximate surface area is 203 Å². The Morgan fingerprint density at radius 1 is 0.912 bits per heavy atom. The molecule has 0 heterocycles. The molecule has 0 saturated heterocycles. The minimum atomic E-state index is -4.14. The molecule has 1 N–H and O–H groups in total. The third-order valence-electron chi connectivity index (χ3n) is 5.18. The lowest BCUT2D eigenvalue weighted by atomic mass is 10.1. The van der Waals surface area contributed by atoms with Gasteiger partial charge in [0.1, 0.15) is 12.3 Å². The lowest BCUT2D eigenvalue weighted by molar-refractivity contribution is -0.114. The van der Waals surface area contributed by atoms with Crippen molar-refractivity contribution in [2.24, 2.45) is 0 Å². The summed E-state index contributed by atoms with van der Waals surface area (Å²) in [5.41, 5.74) is 0.745. The van der Waals surface area contributed by atoms with Crippen LogP contribution in [0.15, 0.2) is 95.9 Å². The zero-order chi connectivity index (χ0) is 24.1. The van der Waals surface area contributed by atoms with Crippen molar-refractivity contribution in [1.82, 2.24) is 0 Å². The Morgan fingerprint density at radius 3 is 2.32 bits per heavy atom. The number of nitrogens with zero attached hydrogens (tertiary/aromatic N) is 1. The SMILES string of the molecule is CCOc1ccc(NC(=O)CN(c2ccccc2Cl)S(=O)(=O)c2cccc3ccccc23)cc1. The molecular weight excluding hydrogens is 472 g/mol. The molecule has 0 aromatic heterocycles. The number of fused-ring (bicyclic) bond motifs is 1. The van der Waals surface area contributed by atoms with Crippen LogP contribution in [0.2, 0.25) is 5.02 Å². The van der Waals surface area contributed by atoms with E-state index in [4.69, 9.17) is 16.3 Å². The number of para-hydroxylation sites is 1. The molecule has 34 heavy (non-hydrogen) atoms. The average molecular weight is 495 g/mol. The second-order valence-corrected chi connectivity index (χ2v) is 9.68. The second-order valence-electron chi connectivity index (χ2n) is 7.45. The number of rotatable bonds is 8. The van der Waals surface area contributed by atoms with Crippen molar-refractivity contribution in [1.29, 1.82) is 0 Å². The zero-order valence-corrected chi connectivity index (χ0v) is 20.0. The number of ether oxygens (including phenoxy) is 1. The highest BCUT2D eigenvalue weighted by molar-refractivity contribution is 7.93. The number of carbonyl (C=O) groups is 1. The van der Waals surface area contributed by atoms with Crippen molar-refractivity contribution in [2.45, 2.75) is 11.8 Å². The van der Waals surface area contributed by atoms with Crippen molar-refractivity contribution in [3.8, 4) is 5.75 Å². The van der Waals surface area contributed by atoms with E-state index in [-0.39, 0.29) is 15.6 Å². The third-order valence-corrected chi connectivity index (χ3v) is 7.31. The van der Waals surface area contributed by atoms with E-state index in [1.165, 1.54) is 6.07 Å².